The van der Waals surface area contributed by atoms with Gasteiger partial charge >= 0.3 is 0 Å². The smallest absolute Gasteiger partial charge is 0.230 e. The molecule has 0 radical (unpaired) electrons. The minimum absolute atomic E-state index is 0.0634. The Hall–Kier alpha value is -0.130. The molecule has 0 aliphatic carbocycles. The molecular weight excluding hydrogens is 214 g/mol. The van der Waals surface area contributed by atoms with E-state index >= 15 is 0 Å². The van der Waals surface area contributed by atoms with E-state index in [4.69, 9.17) is 5.11 Å². The zero-order chi connectivity index (χ0) is 8.91. The van der Waals surface area contributed by atoms with E-state index in [1.807, 2.05) is 0 Å². The van der Waals surface area contributed by atoms with Crippen molar-refractivity contribution in [1.29, 1.82) is 0 Å². The number of nitrogens with one attached hydrogen (secondary N) is 1. The Labute approximate surface area is 73.7 Å². The van der Waals surface area contributed by atoms with Crippen LogP contribution in [0.5, 0.6) is 0 Å². The van der Waals surface area contributed by atoms with Gasteiger partial charge in [0.1, 0.15) is 5.60 Å². The molecule has 0 aliphatic heterocycles. The van der Waals surface area contributed by atoms with Crippen molar-refractivity contribution < 1.29 is 15.0 Å². The molecule has 0 aromatic carbocycles. The largest absolute Gasteiger partial charge is 0.393 e. The first-order valence-electron chi connectivity index (χ1n) is 3.18. The predicted molar refractivity (Wildman–Crippen MR) is 44.5 cm³/mol. The molecule has 1 unspecified atom stereocenters. The van der Waals surface area contributed by atoms with E-state index in [1.54, 1.807) is 0 Å². The Morgan fingerprint density at radius 2 is 2.27 bits per heavy atom. The van der Waals surface area contributed by atoms with Crippen molar-refractivity contribution >= 4 is 21.8 Å². The second-order valence-corrected chi connectivity index (χ2v) is 3.13. The van der Waals surface area contributed by atoms with E-state index in [-0.39, 0.29) is 24.4 Å². The molecule has 4 nitrogen and oxygen atoms in total. The first-order valence-corrected chi connectivity index (χ1v) is 4.30. The normalized spacial score (nSPS) is 15.6. The number of carbonyl (C=O) groups excluding carboxylic acids is 1. The number of amides is 1. The highest BCUT2D eigenvalue weighted by atomic mass is 79.9. The molecular formula is C6H12BrNO3. The van der Waals surface area contributed by atoms with Crippen molar-refractivity contribution in [3.05, 3.63) is 0 Å². The summed E-state index contributed by atoms with van der Waals surface area (Å²) < 4.78 is 0. The molecule has 0 aromatic heterocycles. The van der Waals surface area contributed by atoms with Crippen molar-refractivity contribution in [3.8, 4) is 0 Å². The Balaban J connectivity index is 3.61. The van der Waals surface area contributed by atoms with Gasteiger partial charge in [0.15, 0.2) is 0 Å². The van der Waals surface area contributed by atoms with Crippen molar-refractivity contribution in [2.24, 2.45) is 0 Å². The first-order chi connectivity index (χ1) is 5.02. The number of aliphatic hydroxyl groups is 2. The summed E-state index contributed by atoms with van der Waals surface area (Å²) in [5, 5.41) is 20.4. The molecule has 0 spiro atoms. The third-order valence-electron chi connectivity index (χ3n) is 1.13. The zero-order valence-electron chi connectivity index (χ0n) is 6.30. The number of halogens is 1. The number of carbonyl (C=O) groups is 1. The molecule has 3 N–H and O–H groups in total. The Morgan fingerprint density at radius 1 is 1.73 bits per heavy atom. The van der Waals surface area contributed by atoms with Crippen LogP contribution in [0.25, 0.3) is 0 Å². The van der Waals surface area contributed by atoms with Crippen LogP contribution in [0, 0.1) is 0 Å². The Kier molecular flexibility index (Phi) is 4.63. The molecule has 0 aromatic rings. The van der Waals surface area contributed by atoms with E-state index in [0.29, 0.717) is 0 Å². The fourth-order valence-electron chi connectivity index (χ4n) is 0.392. The van der Waals surface area contributed by atoms with E-state index in [2.05, 4.69) is 21.2 Å². The van der Waals surface area contributed by atoms with Crippen LogP contribution in [-0.2, 0) is 4.79 Å². The number of hydrogen-bond acceptors (Lipinski definition) is 3. The lowest BCUT2D eigenvalue weighted by atomic mass is 10.1. The van der Waals surface area contributed by atoms with Gasteiger partial charge in [0.2, 0.25) is 5.91 Å². The highest BCUT2D eigenvalue weighted by Gasteiger charge is 2.18. The molecule has 1 amide bonds. The van der Waals surface area contributed by atoms with Gasteiger partial charge in [-0.2, -0.15) is 0 Å². The van der Waals surface area contributed by atoms with Gasteiger partial charge in [0.25, 0.3) is 0 Å². The standard InChI is InChI=1S/C6H12BrNO3/c1-6(11,4-9)3-8-5(10)2-7/h9,11H,2-4H2,1H3,(H,8,10). The minimum atomic E-state index is -1.22. The molecule has 0 saturated carbocycles. The van der Waals surface area contributed by atoms with Gasteiger partial charge in [-0.05, 0) is 6.92 Å². The second kappa shape index (κ2) is 4.69. The lowest BCUT2D eigenvalue weighted by Gasteiger charge is -2.19. The van der Waals surface area contributed by atoms with Gasteiger partial charge < -0.3 is 15.5 Å². The number of hydrogen-bond donors (Lipinski definition) is 3. The van der Waals surface area contributed by atoms with E-state index in [1.165, 1.54) is 6.92 Å². The molecule has 0 rings (SSSR count). The first kappa shape index (κ1) is 10.9. The minimum Gasteiger partial charge on any atom is -0.393 e. The number of rotatable bonds is 4. The lowest BCUT2D eigenvalue weighted by Crippen LogP contribution is -2.43. The quantitative estimate of drug-likeness (QED) is 0.552. The van der Waals surface area contributed by atoms with Crippen LogP contribution in [0.4, 0.5) is 0 Å². The van der Waals surface area contributed by atoms with E-state index in [9.17, 15) is 9.90 Å². The molecule has 1 atom stereocenters. The van der Waals surface area contributed by atoms with Gasteiger partial charge in [-0.15, -0.1) is 0 Å². The third kappa shape index (κ3) is 5.17. The lowest BCUT2D eigenvalue weighted by molar-refractivity contribution is -0.119. The second-order valence-electron chi connectivity index (χ2n) is 2.57. The maximum atomic E-state index is 10.6. The zero-order valence-corrected chi connectivity index (χ0v) is 7.89. The van der Waals surface area contributed by atoms with E-state index < -0.39 is 5.60 Å². The molecule has 0 fully saturated rings. The number of alkyl halides is 1. The summed E-state index contributed by atoms with van der Waals surface area (Å²) in [6.07, 6.45) is 0. The summed E-state index contributed by atoms with van der Waals surface area (Å²) in [4.78, 5) is 10.6. The predicted octanol–water partition coefficient (Wildman–Crippen LogP) is -0.759. The summed E-state index contributed by atoms with van der Waals surface area (Å²) in [7, 11) is 0. The van der Waals surface area contributed by atoms with Crippen LogP contribution in [0.1, 0.15) is 6.92 Å². The molecule has 0 bridgehead atoms. The number of aliphatic hydroxyl groups excluding tert-OH is 1. The van der Waals surface area contributed by atoms with Crippen LogP contribution in [0.2, 0.25) is 0 Å². The van der Waals surface area contributed by atoms with Gasteiger partial charge in [0, 0.05) is 6.54 Å². The monoisotopic (exact) mass is 225 g/mol. The maximum Gasteiger partial charge on any atom is 0.230 e. The van der Waals surface area contributed by atoms with Crippen molar-refractivity contribution in [1.82, 2.24) is 5.32 Å². The van der Waals surface area contributed by atoms with Crippen molar-refractivity contribution in [2.45, 2.75) is 12.5 Å². The fourth-order valence-corrected chi connectivity index (χ4v) is 0.590. The summed E-state index contributed by atoms with van der Waals surface area (Å²) in [5.74, 6) is -0.210. The third-order valence-corrected chi connectivity index (χ3v) is 1.64. The molecule has 5 heteroatoms. The average Bonchev–Trinajstić information content (AvgIpc) is 2.00. The molecule has 66 valence electrons. The SMILES string of the molecule is CC(O)(CO)CNC(=O)CBr. The van der Waals surface area contributed by atoms with Crippen LogP contribution < -0.4 is 5.32 Å². The average molecular weight is 226 g/mol. The maximum absolute atomic E-state index is 10.6. The van der Waals surface area contributed by atoms with E-state index in [0.717, 1.165) is 0 Å². The summed E-state index contributed by atoms with van der Waals surface area (Å²) in [6.45, 7) is 1.14. The molecule has 0 saturated heterocycles. The Morgan fingerprint density at radius 3 is 2.64 bits per heavy atom. The molecule has 0 aliphatic rings. The van der Waals surface area contributed by atoms with Crippen LogP contribution in [0.3, 0.4) is 0 Å². The van der Waals surface area contributed by atoms with Crippen LogP contribution in [-0.4, -0.2) is 40.2 Å². The summed E-state index contributed by atoms with van der Waals surface area (Å²) in [5.41, 5.74) is -1.22. The Bertz CT molecular complexity index is 138. The van der Waals surface area contributed by atoms with Crippen molar-refractivity contribution in [2.75, 3.05) is 18.5 Å². The topological polar surface area (TPSA) is 69.6 Å². The molecule has 0 heterocycles. The van der Waals surface area contributed by atoms with Crippen LogP contribution in [0.15, 0.2) is 0 Å². The highest BCUT2D eigenvalue weighted by molar-refractivity contribution is 9.09. The van der Waals surface area contributed by atoms with Gasteiger partial charge in [0.05, 0.1) is 11.9 Å². The van der Waals surface area contributed by atoms with Gasteiger partial charge in [-0.25, -0.2) is 0 Å². The summed E-state index contributed by atoms with van der Waals surface area (Å²) in [6, 6.07) is 0. The van der Waals surface area contributed by atoms with Crippen LogP contribution >= 0.6 is 15.9 Å². The van der Waals surface area contributed by atoms with Gasteiger partial charge in [-0.1, -0.05) is 15.9 Å². The van der Waals surface area contributed by atoms with Gasteiger partial charge in [-0.3, -0.25) is 4.79 Å². The fraction of sp³-hybridized carbons (Fsp3) is 0.833. The molecule has 11 heavy (non-hydrogen) atoms. The summed E-state index contributed by atoms with van der Waals surface area (Å²) >= 11 is 2.95. The highest BCUT2D eigenvalue weighted by Crippen LogP contribution is 1.98. The van der Waals surface area contributed by atoms with Crippen molar-refractivity contribution in [3.63, 3.8) is 0 Å².